The molecule has 35 heavy (non-hydrogen) atoms. The summed E-state index contributed by atoms with van der Waals surface area (Å²) in [5.74, 6) is 0.465. The number of amides is 1. The number of carbonyl (C=O) groups excluding carboxylic acids is 1. The van der Waals surface area contributed by atoms with Crippen LogP contribution in [0.5, 0.6) is 17.4 Å². The van der Waals surface area contributed by atoms with E-state index in [1.165, 1.54) is 17.6 Å². The highest BCUT2D eigenvalue weighted by Crippen LogP contribution is 2.27. The number of para-hydroxylation sites is 1. The van der Waals surface area contributed by atoms with Crippen LogP contribution < -0.4 is 20.3 Å². The molecule has 0 aliphatic rings. The van der Waals surface area contributed by atoms with Gasteiger partial charge < -0.3 is 14.8 Å². The number of nitrogens with one attached hydrogen (secondary N) is 1. The third-order valence-electron chi connectivity index (χ3n) is 5.35. The van der Waals surface area contributed by atoms with E-state index < -0.39 is 11.5 Å². The maximum absolute atomic E-state index is 13.4. The summed E-state index contributed by atoms with van der Waals surface area (Å²) in [4.78, 5) is 30.8. The summed E-state index contributed by atoms with van der Waals surface area (Å²) < 4.78 is 12.5. The predicted octanol–water partition coefficient (Wildman–Crippen LogP) is 4.66. The first-order valence-corrected chi connectivity index (χ1v) is 10.7. The highest BCUT2D eigenvalue weighted by Gasteiger charge is 2.18. The van der Waals surface area contributed by atoms with Crippen molar-refractivity contribution in [3.63, 3.8) is 0 Å². The van der Waals surface area contributed by atoms with E-state index in [-0.39, 0.29) is 17.0 Å². The van der Waals surface area contributed by atoms with Crippen LogP contribution >= 0.6 is 0 Å². The molecule has 0 aliphatic carbocycles. The molecule has 0 bridgehead atoms. The second-order valence-corrected chi connectivity index (χ2v) is 7.74. The number of methoxy groups -OCH3 is 1. The zero-order valence-corrected chi connectivity index (χ0v) is 19.4. The van der Waals surface area contributed by atoms with Crippen molar-refractivity contribution >= 4 is 23.3 Å². The molecule has 4 rings (SSSR count). The van der Waals surface area contributed by atoms with Crippen LogP contribution in [-0.4, -0.2) is 22.4 Å². The molecule has 0 spiro atoms. The van der Waals surface area contributed by atoms with Crippen LogP contribution in [-0.2, 0) is 4.79 Å². The highest BCUT2D eigenvalue weighted by atomic mass is 16.5. The van der Waals surface area contributed by atoms with Gasteiger partial charge in [-0.25, -0.2) is 0 Å². The number of ether oxygens (including phenoxy) is 2. The molecule has 0 radical (unpaired) electrons. The standard InChI is InChI=1S/C27H22N4O4/c1-17-7-4-5-9-23(17)35-26-22(27(33)31-14-6-8-18(2)24(31)30-26)15-19(16-28)25(32)29-20-10-12-21(34-3)13-11-20/h4-15H,1-3H3,(H,29,32)/b19-15+. The first kappa shape index (κ1) is 23.3. The van der Waals surface area contributed by atoms with Crippen LogP contribution in [0.3, 0.4) is 0 Å². The SMILES string of the molecule is COc1ccc(NC(=O)/C(C#N)=C/c2c(Oc3ccccc3C)nc3c(C)cccn3c2=O)cc1. The number of nitrogens with zero attached hydrogens (tertiary/aromatic N) is 3. The van der Waals surface area contributed by atoms with Crippen molar-refractivity contribution in [3.05, 3.63) is 99.5 Å². The van der Waals surface area contributed by atoms with Gasteiger partial charge in [-0.15, -0.1) is 0 Å². The third-order valence-corrected chi connectivity index (χ3v) is 5.35. The quantitative estimate of drug-likeness (QED) is 0.327. The number of aromatic nitrogens is 2. The molecule has 2 heterocycles. The lowest BCUT2D eigenvalue weighted by molar-refractivity contribution is -0.112. The van der Waals surface area contributed by atoms with E-state index in [0.29, 0.717) is 22.8 Å². The molecule has 0 unspecified atom stereocenters. The van der Waals surface area contributed by atoms with Crippen molar-refractivity contribution in [3.8, 4) is 23.4 Å². The number of benzene rings is 2. The molecule has 8 nitrogen and oxygen atoms in total. The van der Waals surface area contributed by atoms with Crippen molar-refractivity contribution in [1.29, 1.82) is 5.26 Å². The molecule has 174 valence electrons. The average Bonchev–Trinajstić information content (AvgIpc) is 2.86. The normalized spacial score (nSPS) is 11.1. The van der Waals surface area contributed by atoms with Crippen molar-refractivity contribution in [1.82, 2.24) is 9.38 Å². The predicted molar refractivity (Wildman–Crippen MR) is 133 cm³/mol. The fourth-order valence-electron chi connectivity index (χ4n) is 3.43. The molecule has 2 aromatic carbocycles. The van der Waals surface area contributed by atoms with E-state index in [1.54, 1.807) is 48.7 Å². The summed E-state index contributed by atoms with van der Waals surface area (Å²) in [7, 11) is 1.54. The molecule has 1 amide bonds. The topological polar surface area (TPSA) is 106 Å². The zero-order valence-electron chi connectivity index (χ0n) is 19.4. The van der Waals surface area contributed by atoms with Gasteiger partial charge in [0.05, 0.1) is 7.11 Å². The lowest BCUT2D eigenvalue weighted by atomic mass is 10.1. The van der Waals surface area contributed by atoms with Gasteiger partial charge in [-0.2, -0.15) is 10.2 Å². The summed E-state index contributed by atoms with van der Waals surface area (Å²) >= 11 is 0. The Bertz CT molecular complexity index is 1550. The molecular formula is C27H22N4O4. The Balaban J connectivity index is 1.81. The van der Waals surface area contributed by atoms with Crippen molar-refractivity contribution in [2.24, 2.45) is 0 Å². The van der Waals surface area contributed by atoms with E-state index in [4.69, 9.17) is 9.47 Å². The number of anilines is 1. The Hall–Kier alpha value is -4.90. The Morgan fingerprint density at radius 3 is 2.46 bits per heavy atom. The number of carbonyl (C=O) groups is 1. The maximum Gasteiger partial charge on any atom is 0.269 e. The molecule has 0 saturated heterocycles. The monoisotopic (exact) mass is 466 g/mol. The minimum absolute atomic E-state index is 0.00333. The molecule has 0 saturated carbocycles. The van der Waals surface area contributed by atoms with Gasteiger partial charge >= 0.3 is 0 Å². The van der Waals surface area contributed by atoms with Gasteiger partial charge in [0.1, 0.15) is 34.4 Å². The first-order valence-electron chi connectivity index (χ1n) is 10.7. The molecule has 0 aliphatic heterocycles. The fourth-order valence-corrected chi connectivity index (χ4v) is 3.43. The number of nitriles is 1. The van der Waals surface area contributed by atoms with Crippen molar-refractivity contribution in [2.75, 3.05) is 12.4 Å². The minimum atomic E-state index is -0.673. The van der Waals surface area contributed by atoms with Crippen LogP contribution in [0.15, 0.2) is 77.2 Å². The minimum Gasteiger partial charge on any atom is -0.497 e. The van der Waals surface area contributed by atoms with Crippen LogP contribution in [0.2, 0.25) is 0 Å². The van der Waals surface area contributed by atoms with Crippen molar-refractivity contribution in [2.45, 2.75) is 13.8 Å². The van der Waals surface area contributed by atoms with E-state index in [9.17, 15) is 14.9 Å². The summed E-state index contributed by atoms with van der Waals surface area (Å²) in [6.07, 6.45) is 2.78. The average molecular weight is 466 g/mol. The zero-order chi connectivity index (χ0) is 24.9. The fraction of sp³-hybridized carbons (Fsp3) is 0.111. The van der Waals surface area contributed by atoms with Gasteiger partial charge in [0, 0.05) is 11.9 Å². The molecule has 0 fully saturated rings. The Kier molecular flexibility index (Phi) is 6.60. The van der Waals surface area contributed by atoms with Crippen LogP contribution in [0, 0.1) is 25.2 Å². The highest BCUT2D eigenvalue weighted by molar-refractivity contribution is 6.09. The van der Waals surface area contributed by atoms with Crippen LogP contribution in [0.4, 0.5) is 5.69 Å². The molecular weight excluding hydrogens is 444 g/mol. The summed E-state index contributed by atoms with van der Waals surface area (Å²) in [5.41, 5.74) is 1.74. The molecule has 0 atom stereocenters. The van der Waals surface area contributed by atoms with Crippen LogP contribution in [0.1, 0.15) is 16.7 Å². The Labute approximate surface area is 201 Å². The summed E-state index contributed by atoms with van der Waals surface area (Å²) in [5, 5.41) is 12.4. The second-order valence-electron chi connectivity index (χ2n) is 7.74. The van der Waals surface area contributed by atoms with Gasteiger partial charge in [0.25, 0.3) is 11.5 Å². The van der Waals surface area contributed by atoms with E-state index in [0.717, 1.165) is 11.1 Å². The lowest BCUT2D eigenvalue weighted by Crippen LogP contribution is -2.20. The number of rotatable bonds is 6. The maximum atomic E-state index is 13.4. The van der Waals surface area contributed by atoms with E-state index in [1.807, 2.05) is 38.1 Å². The van der Waals surface area contributed by atoms with Gasteiger partial charge in [-0.3, -0.25) is 14.0 Å². The Morgan fingerprint density at radius 1 is 1.06 bits per heavy atom. The van der Waals surface area contributed by atoms with Gasteiger partial charge in [-0.1, -0.05) is 24.3 Å². The lowest BCUT2D eigenvalue weighted by Gasteiger charge is -2.13. The Morgan fingerprint density at radius 2 is 1.77 bits per heavy atom. The molecule has 1 N–H and O–H groups in total. The summed E-state index contributed by atoms with van der Waals surface area (Å²) in [6.45, 7) is 3.70. The van der Waals surface area contributed by atoms with Gasteiger partial charge in [-0.05, 0) is 67.4 Å². The molecule has 8 heteroatoms. The molecule has 2 aromatic heterocycles. The largest absolute Gasteiger partial charge is 0.497 e. The van der Waals surface area contributed by atoms with Gasteiger partial charge in [0.2, 0.25) is 5.88 Å². The summed E-state index contributed by atoms with van der Waals surface area (Å²) in [6, 6.07) is 19.4. The number of hydrogen-bond acceptors (Lipinski definition) is 6. The second kappa shape index (κ2) is 9.93. The van der Waals surface area contributed by atoms with E-state index in [2.05, 4.69) is 10.3 Å². The first-order chi connectivity index (χ1) is 16.9. The number of aryl methyl sites for hydroxylation is 2. The number of hydrogen-bond donors (Lipinski definition) is 1. The smallest absolute Gasteiger partial charge is 0.269 e. The van der Waals surface area contributed by atoms with E-state index >= 15 is 0 Å². The van der Waals surface area contributed by atoms with Crippen molar-refractivity contribution < 1.29 is 14.3 Å². The number of fused-ring (bicyclic) bond motifs is 1. The molecule has 4 aromatic rings. The number of pyridine rings is 1. The van der Waals surface area contributed by atoms with Crippen LogP contribution in [0.25, 0.3) is 11.7 Å². The third kappa shape index (κ3) is 4.89. The van der Waals surface area contributed by atoms with Gasteiger partial charge in [0.15, 0.2) is 0 Å².